The molecule has 5 heteroatoms. The van der Waals surface area contributed by atoms with Gasteiger partial charge in [-0.15, -0.1) is 13.2 Å². The average molecular weight is 421 g/mol. The van der Waals surface area contributed by atoms with E-state index in [2.05, 4.69) is 0 Å². The Labute approximate surface area is 155 Å². The SMILES string of the molecule is CC(C)c1ccc2cc(C3CCCCCC3)[s+](C(F)(F)F)c2c1.[Br-]. The summed E-state index contributed by atoms with van der Waals surface area (Å²) in [6, 6.07) is 7.52. The first-order valence-corrected chi connectivity index (χ1v) is 9.77. The van der Waals surface area contributed by atoms with Crippen molar-refractivity contribution < 1.29 is 30.2 Å². The first-order valence-electron chi connectivity index (χ1n) is 8.54. The number of rotatable bonds is 2. The number of benzene rings is 1. The van der Waals surface area contributed by atoms with Crippen molar-refractivity contribution in [3.8, 4) is 0 Å². The molecule has 1 saturated carbocycles. The minimum absolute atomic E-state index is 0. The van der Waals surface area contributed by atoms with Gasteiger partial charge in [0.1, 0.15) is 0 Å². The Bertz CT molecular complexity index is 680. The molecule has 1 aromatic heterocycles. The lowest BCUT2D eigenvalue weighted by atomic mass is 9.98. The van der Waals surface area contributed by atoms with E-state index in [1.165, 1.54) is 0 Å². The minimum Gasteiger partial charge on any atom is -1.00 e. The van der Waals surface area contributed by atoms with E-state index in [0.717, 1.165) is 49.5 Å². The third-order valence-corrected chi connectivity index (χ3v) is 7.13. The summed E-state index contributed by atoms with van der Waals surface area (Å²) in [5, 5.41) is 0.786. The van der Waals surface area contributed by atoms with Crippen molar-refractivity contribution in [2.24, 2.45) is 0 Å². The molecule has 1 atom stereocenters. The van der Waals surface area contributed by atoms with E-state index in [-0.39, 0.29) is 28.8 Å². The van der Waals surface area contributed by atoms with Crippen LogP contribution in [0.15, 0.2) is 24.3 Å². The first-order chi connectivity index (χ1) is 10.9. The predicted octanol–water partition coefficient (Wildman–Crippen LogP) is 4.63. The smallest absolute Gasteiger partial charge is 0.600 e. The highest BCUT2D eigenvalue weighted by Crippen LogP contribution is 2.55. The van der Waals surface area contributed by atoms with E-state index >= 15 is 0 Å². The fraction of sp³-hybridized carbons (Fsp3) is 0.579. The highest BCUT2D eigenvalue weighted by Gasteiger charge is 2.49. The largest absolute Gasteiger partial charge is 1.00 e. The second-order valence-electron chi connectivity index (χ2n) is 6.94. The normalized spacial score (nSPS) is 17.8. The van der Waals surface area contributed by atoms with Gasteiger partial charge in [0.25, 0.3) is 0 Å². The topological polar surface area (TPSA) is 0 Å². The van der Waals surface area contributed by atoms with E-state index in [9.17, 15) is 13.2 Å². The van der Waals surface area contributed by atoms with Crippen LogP contribution < -0.4 is 17.0 Å². The number of thiophene rings is 1. The predicted molar refractivity (Wildman–Crippen MR) is 92.3 cm³/mol. The lowest BCUT2D eigenvalue weighted by Gasteiger charge is -2.10. The molecule has 0 amide bonds. The molecule has 0 radical (unpaired) electrons. The maximum absolute atomic E-state index is 13.9. The summed E-state index contributed by atoms with van der Waals surface area (Å²) in [7, 11) is -1.73. The van der Waals surface area contributed by atoms with Gasteiger partial charge < -0.3 is 17.0 Å². The summed E-state index contributed by atoms with van der Waals surface area (Å²) in [5.74, 6) is 0.360. The number of halogens is 4. The molecule has 1 aliphatic rings. The van der Waals surface area contributed by atoms with E-state index in [4.69, 9.17) is 0 Å². The molecular weight excluding hydrogens is 397 g/mol. The minimum atomic E-state index is -4.17. The van der Waals surface area contributed by atoms with Crippen LogP contribution in [0.1, 0.15) is 74.6 Å². The molecule has 1 heterocycles. The van der Waals surface area contributed by atoms with Crippen LogP contribution in [0.5, 0.6) is 0 Å². The van der Waals surface area contributed by atoms with Gasteiger partial charge in [-0.3, -0.25) is 0 Å². The summed E-state index contributed by atoms with van der Waals surface area (Å²) in [4.78, 5) is 0.648. The molecule has 0 spiro atoms. The van der Waals surface area contributed by atoms with Gasteiger partial charge in [-0.05, 0) is 30.4 Å². The van der Waals surface area contributed by atoms with Crippen molar-refractivity contribution in [3.63, 3.8) is 0 Å². The van der Waals surface area contributed by atoms with E-state index in [1.807, 2.05) is 32.0 Å². The lowest BCUT2D eigenvalue weighted by Crippen LogP contribution is -3.00. The molecule has 0 N–H and O–H groups in total. The zero-order valence-corrected chi connectivity index (χ0v) is 16.5. The Morgan fingerprint density at radius 1 is 1.00 bits per heavy atom. The standard InChI is InChI=1S/C19H24F3S.BrH/c1-13(2)15-9-10-16-12-17(14-7-5-3-4-6-8-14)23(18(16)11-15)19(20,21)22;/h9-14H,3-8H2,1-2H3;1H/q+1;/p-1. The summed E-state index contributed by atoms with van der Waals surface area (Å²) in [6.07, 6.45) is 6.27. The van der Waals surface area contributed by atoms with Gasteiger partial charge in [0.05, 0.1) is 10.5 Å². The lowest BCUT2D eigenvalue weighted by molar-refractivity contribution is -0.0868. The number of fused-ring (bicyclic) bond motifs is 1. The van der Waals surface area contributed by atoms with Gasteiger partial charge >= 0.3 is 5.51 Å². The quantitative estimate of drug-likeness (QED) is 0.490. The third kappa shape index (κ3) is 3.98. The van der Waals surface area contributed by atoms with Gasteiger partial charge in [0, 0.05) is 23.4 Å². The molecule has 1 unspecified atom stereocenters. The highest BCUT2D eigenvalue weighted by atomic mass is 79.9. The van der Waals surface area contributed by atoms with Crippen molar-refractivity contribution in [3.05, 3.63) is 34.7 Å². The molecule has 1 aliphatic carbocycles. The first kappa shape index (κ1) is 19.8. The molecule has 1 aromatic carbocycles. The molecule has 3 rings (SSSR count). The summed E-state index contributed by atoms with van der Waals surface area (Å²) < 4.78 is 42.1. The summed E-state index contributed by atoms with van der Waals surface area (Å²) in [6.45, 7) is 4.06. The second-order valence-corrected chi connectivity index (χ2v) is 8.93. The molecule has 1 fully saturated rings. The van der Waals surface area contributed by atoms with E-state index in [0.29, 0.717) is 9.58 Å². The van der Waals surface area contributed by atoms with Crippen molar-refractivity contribution in [1.82, 2.24) is 0 Å². The van der Waals surface area contributed by atoms with Crippen LogP contribution in [-0.4, -0.2) is 0 Å². The van der Waals surface area contributed by atoms with Crippen LogP contribution in [0.2, 0.25) is 0 Å². The summed E-state index contributed by atoms with van der Waals surface area (Å²) in [5.41, 5.74) is -3.17. The van der Waals surface area contributed by atoms with Gasteiger partial charge in [-0.1, -0.05) is 45.6 Å². The highest BCUT2D eigenvalue weighted by molar-refractivity contribution is 7.38. The van der Waals surface area contributed by atoms with E-state index < -0.39 is 16.0 Å². The van der Waals surface area contributed by atoms with Crippen molar-refractivity contribution in [2.45, 2.75) is 69.7 Å². The van der Waals surface area contributed by atoms with Crippen LogP contribution in [-0.2, 0) is 5.51 Å². The number of hydrogen-bond acceptors (Lipinski definition) is 0. The average Bonchev–Trinajstić information content (AvgIpc) is 2.66. The molecule has 134 valence electrons. The second kappa shape index (κ2) is 7.77. The Kier molecular flexibility index (Phi) is 6.40. The fourth-order valence-electron chi connectivity index (χ4n) is 3.65. The molecule has 0 aliphatic heterocycles. The molecule has 0 saturated heterocycles. The fourth-order valence-corrected chi connectivity index (χ4v) is 5.85. The van der Waals surface area contributed by atoms with Crippen LogP contribution in [0.4, 0.5) is 13.2 Å². The van der Waals surface area contributed by atoms with Gasteiger partial charge in [-0.25, -0.2) is 0 Å². The van der Waals surface area contributed by atoms with Gasteiger partial charge in [-0.2, -0.15) is 0 Å². The Hall–Kier alpha value is -0.550. The van der Waals surface area contributed by atoms with Crippen molar-refractivity contribution in [2.75, 3.05) is 0 Å². The zero-order chi connectivity index (χ0) is 16.6. The maximum Gasteiger partial charge on any atom is 0.600 e. The van der Waals surface area contributed by atoms with Gasteiger partial charge in [0.2, 0.25) is 0 Å². The number of hydrogen-bond donors (Lipinski definition) is 0. The summed E-state index contributed by atoms with van der Waals surface area (Å²) >= 11 is 0. The third-order valence-electron chi connectivity index (χ3n) is 4.95. The monoisotopic (exact) mass is 420 g/mol. The van der Waals surface area contributed by atoms with Crippen LogP contribution in [0, 0.1) is 0 Å². The van der Waals surface area contributed by atoms with Crippen molar-refractivity contribution >= 4 is 20.6 Å². The molecule has 0 nitrogen and oxygen atoms in total. The molecule has 0 bridgehead atoms. The van der Waals surface area contributed by atoms with Crippen molar-refractivity contribution in [1.29, 1.82) is 0 Å². The van der Waals surface area contributed by atoms with E-state index in [1.54, 1.807) is 6.07 Å². The van der Waals surface area contributed by atoms with Crippen LogP contribution in [0.25, 0.3) is 10.1 Å². The van der Waals surface area contributed by atoms with Gasteiger partial charge in [0.15, 0.2) is 9.58 Å². The Balaban J connectivity index is 0.00000208. The maximum atomic E-state index is 13.9. The molecule has 24 heavy (non-hydrogen) atoms. The molecular formula is C19H24BrF3S. The Morgan fingerprint density at radius 2 is 1.62 bits per heavy atom. The molecule has 2 aromatic rings. The number of alkyl halides is 3. The van der Waals surface area contributed by atoms with Crippen LogP contribution >= 0.6 is 10.5 Å². The van der Waals surface area contributed by atoms with Crippen LogP contribution in [0.3, 0.4) is 0 Å². The Morgan fingerprint density at radius 3 is 2.17 bits per heavy atom. The zero-order valence-electron chi connectivity index (χ0n) is 14.1.